The van der Waals surface area contributed by atoms with Gasteiger partial charge in [0.25, 0.3) is 0 Å². The fraction of sp³-hybridized carbons (Fsp3) is 0.800. The van der Waals surface area contributed by atoms with Crippen molar-refractivity contribution in [3.05, 3.63) is 12.7 Å². The summed E-state index contributed by atoms with van der Waals surface area (Å²) in [5, 5.41) is 15.8. The molecule has 1 rings (SSSR count). The second-order valence-corrected chi connectivity index (χ2v) is 6.74. The summed E-state index contributed by atoms with van der Waals surface area (Å²) in [6, 6.07) is 0. The number of amides is 1. The van der Waals surface area contributed by atoms with Gasteiger partial charge in [-0.15, -0.1) is 6.58 Å². The summed E-state index contributed by atoms with van der Waals surface area (Å²) < 4.78 is 0. The van der Waals surface area contributed by atoms with Crippen molar-refractivity contribution in [1.29, 1.82) is 0 Å². The van der Waals surface area contributed by atoms with Gasteiger partial charge in [-0.1, -0.05) is 26.8 Å². The van der Waals surface area contributed by atoms with Gasteiger partial charge in [0.2, 0.25) is 5.91 Å². The SMILES string of the molecule is C=CCNC(=O)CNC1(CO)CC(C)CC(C)(C)C1. The average Bonchev–Trinajstić information content (AvgIpc) is 2.31. The summed E-state index contributed by atoms with van der Waals surface area (Å²) in [4.78, 5) is 11.6. The third kappa shape index (κ3) is 4.96. The van der Waals surface area contributed by atoms with E-state index in [-0.39, 0.29) is 30.0 Å². The molecule has 3 N–H and O–H groups in total. The molecule has 110 valence electrons. The maximum atomic E-state index is 11.6. The topological polar surface area (TPSA) is 61.4 Å². The highest BCUT2D eigenvalue weighted by Gasteiger charge is 2.42. The molecule has 2 unspecified atom stereocenters. The molecule has 0 spiro atoms. The lowest BCUT2D eigenvalue weighted by molar-refractivity contribution is -0.120. The van der Waals surface area contributed by atoms with E-state index in [4.69, 9.17) is 0 Å². The van der Waals surface area contributed by atoms with Crippen LogP contribution in [0, 0.1) is 11.3 Å². The second-order valence-electron chi connectivity index (χ2n) is 6.74. The summed E-state index contributed by atoms with van der Waals surface area (Å²) in [7, 11) is 0. The van der Waals surface area contributed by atoms with Crippen LogP contribution in [-0.4, -0.2) is 36.2 Å². The van der Waals surface area contributed by atoms with Crippen LogP contribution in [0.2, 0.25) is 0 Å². The van der Waals surface area contributed by atoms with Gasteiger partial charge >= 0.3 is 0 Å². The minimum Gasteiger partial charge on any atom is -0.394 e. The molecule has 1 aliphatic rings. The Hall–Kier alpha value is -0.870. The highest BCUT2D eigenvalue weighted by Crippen LogP contribution is 2.43. The van der Waals surface area contributed by atoms with Gasteiger partial charge in [-0.2, -0.15) is 0 Å². The zero-order valence-electron chi connectivity index (χ0n) is 12.5. The minimum absolute atomic E-state index is 0.0521. The van der Waals surface area contributed by atoms with Gasteiger partial charge in [-0.25, -0.2) is 0 Å². The number of carbonyl (C=O) groups is 1. The van der Waals surface area contributed by atoms with E-state index in [9.17, 15) is 9.90 Å². The molecule has 0 aliphatic heterocycles. The number of hydrogen-bond donors (Lipinski definition) is 3. The van der Waals surface area contributed by atoms with Gasteiger partial charge in [-0.05, 0) is 30.6 Å². The Bertz CT molecular complexity index is 328. The largest absolute Gasteiger partial charge is 0.394 e. The Labute approximate surface area is 116 Å². The van der Waals surface area contributed by atoms with Crippen LogP contribution >= 0.6 is 0 Å². The van der Waals surface area contributed by atoms with Crippen LogP contribution in [0.15, 0.2) is 12.7 Å². The third-order valence-electron chi connectivity index (χ3n) is 3.83. The van der Waals surface area contributed by atoms with Crippen LogP contribution in [0.5, 0.6) is 0 Å². The number of aliphatic hydroxyl groups is 1. The van der Waals surface area contributed by atoms with E-state index >= 15 is 0 Å². The fourth-order valence-corrected chi connectivity index (χ4v) is 3.57. The third-order valence-corrected chi connectivity index (χ3v) is 3.83. The molecule has 1 aliphatic carbocycles. The molecule has 0 saturated heterocycles. The molecule has 0 radical (unpaired) electrons. The van der Waals surface area contributed by atoms with Crippen LogP contribution < -0.4 is 10.6 Å². The Morgan fingerprint density at radius 1 is 1.47 bits per heavy atom. The van der Waals surface area contributed by atoms with Crippen molar-refractivity contribution in [1.82, 2.24) is 10.6 Å². The molecule has 1 amide bonds. The summed E-state index contributed by atoms with van der Waals surface area (Å²) >= 11 is 0. The van der Waals surface area contributed by atoms with Crippen LogP contribution in [0.4, 0.5) is 0 Å². The van der Waals surface area contributed by atoms with Gasteiger partial charge in [0.05, 0.1) is 13.2 Å². The highest BCUT2D eigenvalue weighted by molar-refractivity contribution is 5.78. The van der Waals surface area contributed by atoms with Gasteiger partial charge < -0.3 is 15.7 Å². The molecule has 0 aromatic rings. The Kier molecular flexibility index (Phi) is 5.56. The van der Waals surface area contributed by atoms with E-state index in [2.05, 4.69) is 38.0 Å². The maximum Gasteiger partial charge on any atom is 0.234 e. The van der Waals surface area contributed by atoms with Crippen LogP contribution in [0.1, 0.15) is 40.0 Å². The maximum absolute atomic E-state index is 11.6. The molecule has 0 aromatic heterocycles. The number of hydrogen-bond acceptors (Lipinski definition) is 3. The first-order valence-corrected chi connectivity index (χ1v) is 7.06. The lowest BCUT2D eigenvalue weighted by Gasteiger charge is -2.47. The van der Waals surface area contributed by atoms with Gasteiger partial charge in [-0.3, -0.25) is 4.79 Å². The molecule has 1 fully saturated rings. The Balaban J connectivity index is 2.60. The number of aliphatic hydroxyl groups excluding tert-OH is 1. The minimum atomic E-state index is -0.327. The Morgan fingerprint density at radius 2 is 2.16 bits per heavy atom. The standard InChI is InChI=1S/C15H28N2O2/c1-5-6-16-13(19)9-17-15(11-18)8-12(2)7-14(3,4)10-15/h5,12,17-18H,1,6-11H2,2-4H3,(H,16,19). The monoisotopic (exact) mass is 268 g/mol. The van der Waals surface area contributed by atoms with Crippen molar-refractivity contribution in [3.8, 4) is 0 Å². The summed E-state index contributed by atoms with van der Waals surface area (Å²) in [5.74, 6) is 0.503. The zero-order valence-corrected chi connectivity index (χ0v) is 12.5. The predicted molar refractivity (Wildman–Crippen MR) is 77.8 cm³/mol. The second kappa shape index (κ2) is 6.53. The lowest BCUT2D eigenvalue weighted by Crippen LogP contribution is -2.57. The normalized spacial score (nSPS) is 29.8. The van der Waals surface area contributed by atoms with E-state index < -0.39 is 0 Å². The van der Waals surface area contributed by atoms with Crippen LogP contribution in [0.25, 0.3) is 0 Å². The fourth-order valence-electron chi connectivity index (χ4n) is 3.57. The van der Waals surface area contributed by atoms with E-state index in [1.165, 1.54) is 6.42 Å². The number of nitrogens with one attached hydrogen (secondary N) is 2. The van der Waals surface area contributed by atoms with Crippen molar-refractivity contribution in [2.24, 2.45) is 11.3 Å². The molecule has 2 atom stereocenters. The zero-order chi connectivity index (χ0) is 14.5. The quantitative estimate of drug-likeness (QED) is 0.639. The van der Waals surface area contributed by atoms with Crippen molar-refractivity contribution < 1.29 is 9.90 Å². The molecule has 0 bridgehead atoms. The van der Waals surface area contributed by atoms with E-state index in [0.29, 0.717) is 12.5 Å². The van der Waals surface area contributed by atoms with Crippen molar-refractivity contribution in [2.45, 2.75) is 45.6 Å². The molecular formula is C15H28N2O2. The first-order valence-electron chi connectivity index (χ1n) is 7.06. The molecule has 1 saturated carbocycles. The predicted octanol–water partition coefficient (Wildman–Crippen LogP) is 1.46. The van der Waals surface area contributed by atoms with E-state index in [1.54, 1.807) is 6.08 Å². The van der Waals surface area contributed by atoms with Gasteiger partial charge in [0.1, 0.15) is 0 Å². The Morgan fingerprint density at radius 3 is 2.68 bits per heavy atom. The highest BCUT2D eigenvalue weighted by atomic mass is 16.3. The first-order chi connectivity index (χ1) is 8.82. The number of rotatable bonds is 6. The summed E-state index contributed by atoms with van der Waals surface area (Å²) in [6.45, 7) is 11.0. The molecule has 19 heavy (non-hydrogen) atoms. The molecule has 4 nitrogen and oxygen atoms in total. The van der Waals surface area contributed by atoms with Crippen molar-refractivity contribution in [3.63, 3.8) is 0 Å². The average molecular weight is 268 g/mol. The molecule has 0 aromatic carbocycles. The van der Waals surface area contributed by atoms with E-state index in [1.807, 2.05) is 0 Å². The smallest absolute Gasteiger partial charge is 0.234 e. The summed E-state index contributed by atoms with van der Waals surface area (Å²) in [5.41, 5.74) is -0.127. The summed E-state index contributed by atoms with van der Waals surface area (Å²) in [6.07, 6.45) is 4.64. The van der Waals surface area contributed by atoms with Crippen LogP contribution in [0.3, 0.4) is 0 Å². The molecular weight excluding hydrogens is 240 g/mol. The van der Waals surface area contributed by atoms with Gasteiger partial charge in [0.15, 0.2) is 0 Å². The number of carbonyl (C=O) groups excluding carboxylic acids is 1. The first kappa shape index (κ1) is 16.2. The lowest BCUT2D eigenvalue weighted by atomic mass is 9.64. The molecule has 4 heteroatoms. The van der Waals surface area contributed by atoms with E-state index in [0.717, 1.165) is 12.8 Å². The molecule has 0 heterocycles. The van der Waals surface area contributed by atoms with Crippen molar-refractivity contribution >= 4 is 5.91 Å². The van der Waals surface area contributed by atoms with Crippen molar-refractivity contribution in [2.75, 3.05) is 19.7 Å². The van der Waals surface area contributed by atoms with Gasteiger partial charge in [0, 0.05) is 12.1 Å². The van der Waals surface area contributed by atoms with Crippen LogP contribution in [-0.2, 0) is 4.79 Å².